The third-order valence-corrected chi connectivity index (χ3v) is 3.97. The number of nitrogens with zero attached hydrogens (tertiary/aromatic N) is 2. The number of anilines is 1. The zero-order valence-electron chi connectivity index (χ0n) is 12.4. The number of aryl methyl sites for hydroxylation is 1. The van der Waals surface area contributed by atoms with Crippen molar-refractivity contribution in [3.63, 3.8) is 0 Å². The van der Waals surface area contributed by atoms with Gasteiger partial charge in [-0.15, -0.1) is 0 Å². The van der Waals surface area contributed by atoms with E-state index in [1.807, 2.05) is 12.1 Å². The molecule has 0 radical (unpaired) electrons. The van der Waals surface area contributed by atoms with E-state index in [0.29, 0.717) is 12.5 Å². The third-order valence-electron chi connectivity index (χ3n) is 3.97. The lowest BCUT2D eigenvalue weighted by Gasteiger charge is -2.38. The zero-order valence-corrected chi connectivity index (χ0v) is 12.4. The molecule has 0 amide bonds. The standard InChI is InChI=1S/C16H24N2O2/c1-13(2)17-9-11-18(12-10-17)15-6-3-14(4-7-15)5-8-16(19)20/h3-4,6-7,13H,5,8-12H2,1-2H3,(H,19,20). The molecule has 1 saturated heterocycles. The van der Waals surface area contributed by atoms with Crippen molar-refractivity contribution in [3.8, 4) is 0 Å². The van der Waals surface area contributed by atoms with Crippen LogP contribution in [0.25, 0.3) is 0 Å². The molecule has 1 fully saturated rings. The predicted octanol–water partition coefficient (Wildman–Crippen LogP) is 2.23. The van der Waals surface area contributed by atoms with Gasteiger partial charge >= 0.3 is 5.97 Å². The second-order valence-corrected chi connectivity index (χ2v) is 5.68. The Kier molecular flexibility index (Phi) is 5.01. The smallest absolute Gasteiger partial charge is 0.303 e. The number of piperazine rings is 1. The summed E-state index contributed by atoms with van der Waals surface area (Å²) in [7, 11) is 0. The first-order valence-corrected chi connectivity index (χ1v) is 7.36. The maximum Gasteiger partial charge on any atom is 0.303 e. The second-order valence-electron chi connectivity index (χ2n) is 5.68. The highest BCUT2D eigenvalue weighted by Gasteiger charge is 2.18. The first-order valence-electron chi connectivity index (χ1n) is 7.36. The van der Waals surface area contributed by atoms with Gasteiger partial charge in [0.25, 0.3) is 0 Å². The van der Waals surface area contributed by atoms with E-state index in [4.69, 9.17) is 5.11 Å². The lowest BCUT2D eigenvalue weighted by Crippen LogP contribution is -2.48. The summed E-state index contributed by atoms with van der Waals surface area (Å²) in [5.41, 5.74) is 2.34. The molecule has 1 aromatic carbocycles. The number of hydrogen-bond donors (Lipinski definition) is 1. The Labute approximate surface area is 121 Å². The average Bonchev–Trinajstić information content (AvgIpc) is 2.46. The fraction of sp³-hybridized carbons (Fsp3) is 0.562. The summed E-state index contributed by atoms with van der Waals surface area (Å²) in [5, 5.41) is 8.69. The highest BCUT2D eigenvalue weighted by molar-refractivity contribution is 5.67. The summed E-state index contributed by atoms with van der Waals surface area (Å²) in [6.45, 7) is 8.83. The van der Waals surface area contributed by atoms with E-state index in [1.54, 1.807) is 0 Å². The number of aliphatic carboxylic acids is 1. The van der Waals surface area contributed by atoms with Crippen LogP contribution in [0.3, 0.4) is 0 Å². The van der Waals surface area contributed by atoms with Crippen molar-refractivity contribution in [1.29, 1.82) is 0 Å². The zero-order chi connectivity index (χ0) is 14.5. The van der Waals surface area contributed by atoms with E-state index in [2.05, 4.69) is 35.8 Å². The van der Waals surface area contributed by atoms with Gasteiger partial charge in [-0.3, -0.25) is 9.69 Å². The topological polar surface area (TPSA) is 43.8 Å². The van der Waals surface area contributed by atoms with Crippen molar-refractivity contribution in [2.75, 3.05) is 31.1 Å². The number of benzene rings is 1. The monoisotopic (exact) mass is 276 g/mol. The minimum absolute atomic E-state index is 0.201. The highest BCUT2D eigenvalue weighted by Crippen LogP contribution is 2.18. The van der Waals surface area contributed by atoms with E-state index in [1.165, 1.54) is 5.69 Å². The van der Waals surface area contributed by atoms with Crippen molar-refractivity contribution in [1.82, 2.24) is 4.90 Å². The molecule has 0 aromatic heterocycles. The Balaban J connectivity index is 1.89. The predicted molar refractivity (Wildman–Crippen MR) is 81.3 cm³/mol. The van der Waals surface area contributed by atoms with Crippen LogP contribution in [0, 0.1) is 0 Å². The van der Waals surface area contributed by atoms with Gasteiger partial charge in [-0.2, -0.15) is 0 Å². The van der Waals surface area contributed by atoms with Crippen LogP contribution in [0.4, 0.5) is 5.69 Å². The van der Waals surface area contributed by atoms with Crippen LogP contribution >= 0.6 is 0 Å². The minimum atomic E-state index is -0.737. The Morgan fingerprint density at radius 2 is 1.75 bits per heavy atom. The van der Waals surface area contributed by atoms with E-state index in [9.17, 15) is 4.79 Å². The molecule has 2 rings (SSSR count). The van der Waals surface area contributed by atoms with Crippen molar-refractivity contribution >= 4 is 11.7 Å². The molecule has 1 aliphatic rings. The summed E-state index contributed by atoms with van der Waals surface area (Å²) in [6, 6.07) is 8.94. The molecule has 0 unspecified atom stereocenters. The minimum Gasteiger partial charge on any atom is -0.481 e. The Morgan fingerprint density at radius 1 is 1.15 bits per heavy atom. The van der Waals surface area contributed by atoms with E-state index >= 15 is 0 Å². The molecule has 0 atom stereocenters. The van der Waals surface area contributed by atoms with E-state index in [0.717, 1.165) is 31.7 Å². The van der Waals surface area contributed by atoms with Crippen molar-refractivity contribution < 1.29 is 9.90 Å². The number of carbonyl (C=O) groups is 1. The number of carboxylic acid groups (broad SMARTS) is 1. The summed E-state index contributed by atoms with van der Waals surface area (Å²) < 4.78 is 0. The summed E-state index contributed by atoms with van der Waals surface area (Å²) >= 11 is 0. The van der Waals surface area contributed by atoms with Crippen molar-refractivity contribution in [3.05, 3.63) is 29.8 Å². The molecular weight excluding hydrogens is 252 g/mol. The number of carboxylic acids is 1. The Hall–Kier alpha value is -1.55. The van der Waals surface area contributed by atoms with Gasteiger partial charge in [0.15, 0.2) is 0 Å². The summed E-state index contributed by atoms with van der Waals surface area (Å²) in [5.74, 6) is -0.737. The first kappa shape index (κ1) is 14.9. The SMILES string of the molecule is CC(C)N1CCN(c2ccc(CCC(=O)O)cc2)CC1. The molecule has 0 bridgehead atoms. The van der Waals surface area contributed by atoms with Gasteiger partial charge in [0.05, 0.1) is 0 Å². The average molecular weight is 276 g/mol. The summed E-state index contributed by atoms with van der Waals surface area (Å²) in [4.78, 5) is 15.5. The maximum absolute atomic E-state index is 10.6. The molecule has 0 aliphatic carbocycles. The van der Waals surface area contributed by atoms with Crippen molar-refractivity contribution in [2.45, 2.75) is 32.7 Å². The van der Waals surface area contributed by atoms with Crippen LogP contribution in [0.15, 0.2) is 24.3 Å². The van der Waals surface area contributed by atoms with E-state index < -0.39 is 5.97 Å². The van der Waals surface area contributed by atoms with Gasteiger partial charge in [0.1, 0.15) is 0 Å². The maximum atomic E-state index is 10.6. The molecule has 0 saturated carbocycles. The molecule has 1 N–H and O–H groups in total. The molecule has 4 nitrogen and oxygen atoms in total. The van der Waals surface area contributed by atoms with Gasteiger partial charge in [-0.25, -0.2) is 0 Å². The molecule has 1 heterocycles. The largest absolute Gasteiger partial charge is 0.481 e. The Bertz CT molecular complexity index is 434. The van der Waals surface area contributed by atoms with Crippen LogP contribution in [-0.4, -0.2) is 48.2 Å². The van der Waals surface area contributed by atoms with Crippen LogP contribution in [-0.2, 0) is 11.2 Å². The Morgan fingerprint density at radius 3 is 2.25 bits per heavy atom. The van der Waals surface area contributed by atoms with Crippen LogP contribution < -0.4 is 4.90 Å². The molecule has 0 spiro atoms. The number of rotatable bonds is 5. The number of hydrogen-bond acceptors (Lipinski definition) is 3. The quantitative estimate of drug-likeness (QED) is 0.895. The first-order chi connectivity index (χ1) is 9.56. The normalized spacial score (nSPS) is 16.6. The van der Waals surface area contributed by atoms with Crippen LogP contribution in [0.1, 0.15) is 25.8 Å². The van der Waals surface area contributed by atoms with Gasteiger partial charge in [0.2, 0.25) is 0 Å². The van der Waals surface area contributed by atoms with Crippen molar-refractivity contribution in [2.24, 2.45) is 0 Å². The van der Waals surface area contributed by atoms with Gasteiger partial charge in [0, 0.05) is 44.3 Å². The van der Waals surface area contributed by atoms with Crippen LogP contribution in [0.5, 0.6) is 0 Å². The second kappa shape index (κ2) is 6.75. The molecule has 20 heavy (non-hydrogen) atoms. The van der Waals surface area contributed by atoms with Gasteiger partial charge in [-0.1, -0.05) is 12.1 Å². The molecule has 4 heteroatoms. The molecular formula is C16H24N2O2. The molecule has 1 aliphatic heterocycles. The fourth-order valence-electron chi connectivity index (χ4n) is 2.62. The summed E-state index contributed by atoms with van der Waals surface area (Å²) in [6.07, 6.45) is 0.809. The lowest BCUT2D eigenvalue weighted by molar-refractivity contribution is -0.136. The molecule has 1 aromatic rings. The van der Waals surface area contributed by atoms with E-state index in [-0.39, 0.29) is 6.42 Å². The fourth-order valence-corrected chi connectivity index (χ4v) is 2.62. The van der Waals surface area contributed by atoms with Gasteiger partial charge in [-0.05, 0) is 38.0 Å². The van der Waals surface area contributed by atoms with Crippen LogP contribution in [0.2, 0.25) is 0 Å². The third kappa shape index (κ3) is 3.97. The van der Waals surface area contributed by atoms with Gasteiger partial charge < -0.3 is 10.0 Å². The lowest BCUT2D eigenvalue weighted by atomic mass is 10.1. The highest BCUT2D eigenvalue weighted by atomic mass is 16.4. The molecule has 110 valence electrons.